The van der Waals surface area contributed by atoms with Gasteiger partial charge in [0.2, 0.25) is 11.8 Å². The van der Waals surface area contributed by atoms with Crippen LogP contribution in [0, 0.1) is 0 Å². The normalized spacial score (nSPS) is 15.5. The standard InChI is InChI=1S/C25H32Cl2N2O2S/c1-3-5-6-7-8-9-23(30)28(4-2)17-24(31)29-14-12-22-20(13-15-32-22)25(29)19-11-10-18(26)16-21(19)27/h10-11,13,15-16,25H,3-9,12,14,17H2,1-2H3. The molecule has 1 aromatic carbocycles. The van der Waals surface area contributed by atoms with Gasteiger partial charge in [-0.15, -0.1) is 11.3 Å². The Hall–Kier alpha value is -1.56. The summed E-state index contributed by atoms with van der Waals surface area (Å²) in [6, 6.07) is 7.26. The second-order valence-corrected chi connectivity index (χ2v) is 10.1. The third-order valence-electron chi connectivity index (χ3n) is 6.10. The van der Waals surface area contributed by atoms with Crippen molar-refractivity contribution in [2.45, 2.75) is 64.8 Å². The Morgan fingerprint density at radius 1 is 1.09 bits per heavy atom. The van der Waals surface area contributed by atoms with E-state index in [0.29, 0.717) is 29.6 Å². The largest absolute Gasteiger partial charge is 0.334 e. The molecule has 0 N–H and O–H groups in total. The summed E-state index contributed by atoms with van der Waals surface area (Å²) < 4.78 is 0. The first-order valence-corrected chi connectivity index (χ1v) is 13.2. The molecule has 2 aromatic rings. The maximum Gasteiger partial charge on any atom is 0.242 e. The van der Waals surface area contributed by atoms with Crippen LogP contribution in [0.25, 0.3) is 0 Å². The molecule has 32 heavy (non-hydrogen) atoms. The average molecular weight is 496 g/mol. The molecule has 0 saturated heterocycles. The van der Waals surface area contributed by atoms with Crippen LogP contribution < -0.4 is 0 Å². The van der Waals surface area contributed by atoms with E-state index in [4.69, 9.17) is 23.2 Å². The number of amides is 2. The highest BCUT2D eigenvalue weighted by Gasteiger charge is 2.34. The first kappa shape index (κ1) is 25.1. The number of hydrogen-bond acceptors (Lipinski definition) is 3. The Bertz CT molecular complexity index is 930. The molecule has 0 radical (unpaired) electrons. The van der Waals surface area contributed by atoms with E-state index in [1.165, 1.54) is 17.7 Å². The van der Waals surface area contributed by atoms with Gasteiger partial charge in [0, 0.05) is 34.4 Å². The van der Waals surface area contributed by atoms with Crippen LogP contribution in [0.1, 0.15) is 74.4 Å². The molecule has 174 valence electrons. The minimum Gasteiger partial charge on any atom is -0.334 e. The average Bonchev–Trinajstić information content (AvgIpc) is 3.25. The maximum absolute atomic E-state index is 13.4. The zero-order chi connectivity index (χ0) is 23.1. The lowest BCUT2D eigenvalue weighted by Gasteiger charge is -2.38. The van der Waals surface area contributed by atoms with Crippen LogP contribution >= 0.6 is 34.5 Å². The Morgan fingerprint density at radius 2 is 1.88 bits per heavy atom. The summed E-state index contributed by atoms with van der Waals surface area (Å²) in [7, 11) is 0. The van der Waals surface area contributed by atoms with Gasteiger partial charge in [-0.05, 0) is 54.5 Å². The van der Waals surface area contributed by atoms with Crippen molar-refractivity contribution < 1.29 is 9.59 Å². The van der Waals surface area contributed by atoms with Gasteiger partial charge in [0.05, 0.1) is 12.6 Å². The molecule has 3 rings (SSSR count). The molecule has 0 bridgehead atoms. The van der Waals surface area contributed by atoms with Gasteiger partial charge in [0.1, 0.15) is 0 Å². The second kappa shape index (κ2) is 12.1. The highest BCUT2D eigenvalue weighted by Crippen LogP contribution is 2.41. The lowest BCUT2D eigenvalue weighted by molar-refractivity contribution is -0.141. The topological polar surface area (TPSA) is 40.6 Å². The van der Waals surface area contributed by atoms with E-state index in [-0.39, 0.29) is 24.4 Å². The molecule has 1 unspecified atom stereocenters. The molecule has 0 fully saturated rings. The zero-order valence-corrected chi connectivity index (χ0v) is 21.2. The van der Waals surface area contributed by atoms with Crippen molar-refractivity contribution in [3.63, 3.8) is 0 Å². The highest BCUT2D eigenvalue weighted by atomic mass is 35.5. The quantitative estimate of drug-likeness (QED) is 0.343. The molecule has 1 aliphatic rings. The Kier molecular flexibility index (Phi) is 9.45. The number of carbonyl (C=O) groups is 2. The fourth-order valence-corrected chi connectivity index (χ4v) is 5.73. The molecule has 2 heterocycles. The number of likely N-dealkylation sites (N-methyl/N-ethyl adjacent to an activating group) is 1. The van der Waals surface area contributed by atoms with E-state index in [2.05, 4.69) is 18.4 Å². The smallest absolute Gasteiger partial charge is 0.242 e. The van der Waals surface area contributed by atoms with Crippen molar-refractivity contribution in [3.05, 3.63) is 55.7 Å². The first-order valence-electron chi connectivity index (χ1n) is 11.5. The van der Waals surface area contributed by atoms with Crippen LogP contribution in [0.15, 0.2) is 29.6 Å². The summed E-state index contributed by atoms with van der Waals surface area (Å²) in [5.41, 5.74) is 1.98. The molecular formula is C25H32Cl2N2O2S. The molecule has 0 saturated carbocycles. The monoisotopic (exact) mass is 494 g/mol. The maximum atomic E-state index is 13.4. The van der Waals surface area contributed by atoms with Crippen molar-refractivity contribution in [2.24, 2.45) is 0 Å². The van der Waals surface area contributed by atoms with Crippen molar-refractivity contribution in [2.75, 3.05) is 19.6 Å². The van der Waals surface area contributed by atoms with Crippen molar-refractivity contribution in [3.8, 4) is 0 Å². The van der Waals surface area contributed by atoms with Crippen molar-refractivity contribution >= 4 is 46.4 Å². The van der Waals surface area contributed by atoms with E-state index >= 15 is 0 Å². The minimum absolute atomic E-state index is 0.0425. The van der Waals surface area contributed by atoms with Gasteiger partial charge in [0.25, 0.3) is 0 Å². The van der Waals surface area contributed by atoms with Gasteiger partial charge in [-0.1, -0.05) is 61.9 Å². The molecule has 1 atom stereocenters. The molecule has 2 amide bonds. The number of halogens is 2. The lowest BCUT2D eigenvalue weighted by atomic mass is 9.93. The number of carbonyl (C=O) groups excluding carboxylic acids is 2. The van der Waals surface area contributed by atoms with E-state index in [1.54, 1.807) is 22.3 Å². The lowest BCUT2D eigenvalue weighted by Crippen LogP contribution is -2.46. The molecule has 0 spiro atoms. The van der Waals surface area contributed by atoms with Gasteiger partial charge >= 0.3 is 0 Å². The van der Waals surface area contributed by atoms with Gasteiger partial charge in [-0.3, -0.25) is 9.59 Å². The van der Waals surface area contributed by atoms with Gasteiger partial charge < -0.3 is 9.80 Å². The third kappa shape index (κ3) is 6.06. The SMILES string of the molecule is CCCCCCCC(=O)N(CC)CC(=O)N1CCc2sccc2C1c1ccc(Cl)cc1Cl. The molecule has 1 aromatic heterocycles. The molecule has 4 nitrogen and oxygen atoms in total. The number of unbranched alkanes of at least 4 members (excludes halogenated alkanes) is 4. The summed E-state index contributed by atoms with van der Waals surface area (Å²) in [6.45, 7) is 5.36. The fraction of sp³-hybridized carbons (Fsp3) is 0.520. The van der Waals surface area contributed by atoms with Crippen molar-refractivity contribution in [1.82, 2.24) is 9.80 Å². The Balaban J connectivity index is 1.74. The van der Waals surface area contributed by atoms with Crippen LogP contribution in [-0.2, 0) is 16.0 Å². The Labute approximate surface area is 205 Å². The van der Waals surface area contributed by atoms with Gasteiger partial charge in [-0.25, -0.2) is 0 Å². The number of fused-ring (bicyclic) bond motifs is 1. The van der Waals surface area contributed by atoms with E-state index < -0.39 is 0 Å². The number of rotatable bonds is 10. The van der Waals surface area contributed by atoms with Crippen LogP contribution in [0.4, 0.5) is 0 Å². The van der Waals surface area contributed by atoms with Gasteiger partial charge in [-0.2, -0.15) is 0 Å². The summed E-state index contributed by atoms with van der Waals surface area (Å²) in [5.74, 6) is 0.0192. The fourth-order valence-electron chi connectivity index (χ4n) is 4.31. The molecule has 1 aliphatic heterocycles. The summed E-state index contributed by atoms with van der Waals surface area (Å²) >= 11 is 14.4. The molecular weight excluding hydrogens is 463 g/mol. The number of hydrogen-bond donors (Lipinski definition) is 0. The molecule has 0 aliphatic carbocycles. The first-order chi connectivity index (χ1) is 15.5. The van der Waals surface area contributed by atoms with Crippen molar-refractivity contribution in [1.29, 1.82) is 0 Å². The summed E-state index contributed by atoms with van der Waals surface area (Å²) in [5, 5.41) is 3.19. The second-order valence-electron chi connectivity index (χ2n) is 8.28. The van der Waals surface area contributed by atoms with E-state index in [9.17, 15) is 9.59 Å². The predicted molar refractivity (Wildman–Crippen MR) is 134 cm³/mol. The van der Waals surface area contributed by atoms with Crippen LogP contribution in [0.5, 0.6) is 0 Å². The summed E-state index contributed by atoms with van der Waals surface area (Å²) in [6.07, 6.45) is 6.82. The van der Waals surface area contributed by atoms with Crippen LogP contribution in [0.3, 0.4) is 0 Å². The zero-order valence-electron chi connectivity index (χ0n) is 18.9. The predicted octanol–water partition coefficient (Wildman–Crippen LogP) is 6.74. The molecule has 7 heteroatoms. The highest BCUT2D eigenvalue weighted by molar-refractivity contribution is 7.10. The minimum atomic E-state index is -0.259. The van der Waals surface area contributed by atoms with Gasteiger partial charge in [0.15, 0.2) is 0 Å². The number of nitrogens with zero attached hydrogens (tertiary/aromatic N) is 2. The van der Waals surface area contributed by atoms with Crippen LogP contribution in [-0.4, -0.2) is 41.2 Å². The van der Waals surface area contributed by atoms with E-state index in [0.717, 1.165) is 36.8 Å². The van der Waals surface area contributed by atoms with Crippen LogP contribution in [0.2, 0.25) is 10.0 Å². The summed E-state index contributed by atoms with van der Waals surface area (Å²) in [4.78, 5) is 31.0. The number of benzene rings is 1. The Morgan fingerprint density at radius 3 is 2.59 bits per heavy atom. The number of thiophene rings is 1. The van der Waals surface area contributed by atoms with E-state index in [1.807, 2.05) is 24.0 Å². The third-order valence-corrected chi connectivity index (χ3v) is 7.66.